The van der Waals surface area contributed by atoms with Crippen LogP contribution in [0.5, 0.6) is 0 Å². The van der Waals surface area contributed by atoms with Crippen LogP contribution in [0.15, 0.2) is 39.6 Å². The fourth-order valence-corrected chi connectivity index (χ4v) is 4.63. The standard InChI is InChI=1S/C22H26N2O3S2/c1-6-13(4)27-21(26)14(5)29-22-23-19(25)18-17(11-28-20(18)24-22)16-9-7-15(8-10-16)12(2)3/h7-14H,6H2,1-5H3,(H,23,24,25). The number of hydrogen-bond acceptors (Lipinski definition) is 6. The van der Waals surface area contributed by atoms with E-state index in [1.807, 2.05) is 31.4 Å². The summed E-state index contributed by atoms with van der Waals surface area (Å²) >= 11 is 2.65. The molecule has 0 amide bonds. The normalized spacial score (nSPS) is 13.6. The third kappa shape index (κ3) is 4.90. The zero-order valence-electron chi connectivity index (χ0n) is 17.3. The summed E-state index contributed by atoms with van der Waals surface area (Å²) in [5.74, 6) is 0.158. The summed E-state index contributed by atoms with van der Waals surface area (Å²) in [5.41, 5.74) is 2.95. The van der Waals surface area contributed by atoms with E-state index >= 15 is 0 Å². The highest BCUT2D eigenvalue weighted by Gasteiger charge is 2.21. The number of aromatic nitrogens is 2. The van der Waals surface area contributed by atoms with E-state index in [1.165, 1.54) is 28.7 Å². The lowest BCUT2D eigenvalue weighted by molar-refractivity contribution is -0.147. The minimum atomic E-state index is -0.451. The van der Waals surface area contributed by atoms with E-state index in [0.29, 0.717) is 21.3 Å². The molecule has 0 aliphatic heterocycles. The summed E-state index contributed by atoms with van der Waals surface area (Å²) in [7, 11) is 0. The SMILES string of the molecule is CCC(C)OC(=O)C(C)Sc1nc2scc(-c3ccc(C(C)C)cc3)c2c(=O)[nH]1. The minimum Gasteiger partial charge on any atom is -0.462 e. The van der Waals surface area contributed by atoms with E-state index in [2.05, 4.69) is 35.9 Å². The molecule has 0 aliphatic carbocycles. The molecule has 1 aromatic carbocycles. The highest BCUT2D eigenvalue weighted by molar-refractivity contribution is 8.00. The zero-order chi connectivity index (χ0) is 21.1. The van der Waals surface area contributed by atoms with Gasteiger partial charge in [-0.1, -0.05) is 56.8 Å². The Bertz CT molecular complexity index is 1050. The number of thiophene rings is 1. The number of esters is 1. The van der Waals surface area contributed by atoms with Gasteiger partial charge in [0.2, 0.25) is 0 Å². The number of rotatable bonds is 7. The zero-order valence-corrected chi connectivity index (χ0v) is 18.9. The van der Waals surface area contributed by atoms with Crippen molar-refractivity contribution in [3.63, 3.8) is 0 Å². The van der Waals surface area contributed by atoms with E-state index in [4.69, 9.17) is 4.74 Å². The average Bonchev–Trinajstić information content (AvgIpc) is 3.12. The second-order valence-electron chi connectivity index (χ2n) is 7.39. The molecule has 0 radical (unpaired) electrons. The molecule has 0 saturated carbocycles. The summed E-state index contributed by atoms with van der Waals surface area (Å²) in [6, 6.07) is 8.29. The smallest absolute Gasteiger partial charge is 0.319 e. The van der Waals surface area contributed by atoms with Gasteiger partial charge in [0.05, 0.1) is 11.5 Å². The van der Waals surface area contributed by atoms with Crippen LogP contribution in [0.3, 0.4) is 0 Å². The van der Waals surface area contributed by atoms with Crippen molar-refractivity contribution in [2.24, 2.45) is 0 Å². The Labute approximate surface area is 178 Å². The first kappa shape index (κ1) is 21.6. The van der Waals surface area contributed by atoms with E-state index in [0.717, 1.165) is 17.5 Å². The summed E-state index contributed by atoms with van der Waals surface area (Å²) < 4.78 is 5.36. The van der Waals surface area contributed by atoms with E-state index in [-0.39, 0.29) is 17.6 Å². The van der Waals surface area contributed by atoms with Crippen LogP contribution in [0.1, 0.15) is 52.5 Å². The molecule has 3 aromatic rings. The van der Waals surface area contributed by atoms with Crippen LogP contribution in [0.4, 0.5) is 0 Å². The van der Waals surface area contributed by atoms with Gasteiger partial charge >= 0.3 is 5.97 Å². The number of H-pyrrole nitrogens is 1. The topological polar surface area (TPSA) is 72.0 Å². The van der Waals surface area contributed by atoms with Crippen LogP contribution in [-0.4, -0.2) is 27.3 Å². The molecular weight excluding hydrogens is 404 g/mol. The number of aromatic amines is 1. The molecule has 0 spiro atoms. The van der Waals surface area contributed by atoms with Crippen LogP contribution in [0, 0.1) is 0 Å². The molecule has 1 N–H and O–H groups in total. The van der Waals surface area contributed by atoms with E-state index < -0.39 is 5.25 Å². The quantitative estimate of drug-likeness (QED) is 0.300. The number of ether oxygens (including phenoxy) is 1. The monoisotopic (exact) mass is 430 g/mol. The van der Waals surface area contributed by atoms with Crippen molar-refractivity contribution < 1.29 is 9.53 Å². The van der Waals surface area contributed by atoms with Crippen molar-refractivity contribution >= 4 is 39.3 Å². The van der Waals surface area contributed by atoms with Gasteiger partial charge in [-0.2, -0.15) is 0 Å². The molecule has 0 aliphatic rings. The number of hydrogen-bond donors (Lipinski definition) is 1. The molecule has 0 saturated heterocycles. The van der Waals surface area contributed by atoms with Gasteiger partial charge in [0.15, 0.2) is 5.16 Å². The summed E-state index contributed by atoms with van der Waals surface area (Å²) in [4.78, 5) is 33.0. The Morgan fingerprint density at radius 2 is 1.90 bits per heavy atom. The highest BCUT2D eigenvalue weighted by Crippen LogP contribution is 2.33. The van der Waals surface area contributed by atoms with Gasteiger partial charge in [-0.25, -0.2) is 4.98 Å². The molecule has 2 heterocycles. The van der Waals surface area contributed by atoms with Gasteiger partial charge < -0.3 is 9.72 Å². The third-order valence-corrected chi connectivity index (χ3v) is 6.66. The van der Waals surface area contributed by atoms with Gasteiger partial charge in [0.25, 0.3) is 5.56 Å². The number of thioether (sulfide) groups is 1. The fraction of sp³-hybridized carbons (Fsp3) is 0.409. The van der Waals surface area contributed by atoms with Crippen molar-refractivity contribution in [2.45, 2.75) is 63.5 Å². The first-order valence-electron chi connectivity index (χ1n) is 9.79. The molecule has 7 heteroatoms. The third-order valence-electron chi connectivity index (χ3n) is 4.82. The number of carbonyl (C=O) groups excluding carboxylic acids is 1. The van der Waals surface area contributed by atoms with E-state index in [1.54, 1.807) is 6.92 Å². The first-order valence-corrected chi connectivity index (χ1v) is 11.5. The number of nitrogens with one attached hydrogen (secondary N) is 1. The summed E-state index contributed by atoms with van der Waals surface area (Å²) in [6.07, 6.45) is 0.641. The minimum absolute atomic E-state index is 0.123. The second-order valence-corrected chi connectivity index (χ2v) is 9.58. The average molecular weight is 431 g/mol. The maximum Gasteiger partial charge on any atom is 0.319 e. The summed E-state index contributed by atoms with van der Waals surface area (Å²) in [5, 5.41) is 2.53. The molecule has 2 unspecified atom stereocenters. The molecule has 5 nitrogen and oxygen atoms in total. The predicted octanol–water partition coefficient (Wildman–Crippen LogP) is 5.60. The lowest BCUT2D eigenvalue weighted by Gasteiger charge is -2.14. The predicted molar refractivity (Wildman–Crippen MR) is 121 cm³/mol. The molecule has 0 fully saturated rings. The van der Waals surface area contributed by atoms with Crippen molar-refractivity contribution in [1.29, 1.82) is 0 Å². The maximum absolute atomic E-state index is 12.8. The van der Waals surface area contributed by atoms with Crippen LogP contribution in [0.2, 0.25) is 0 Å². The largest absolute Gasteiger partial charge is 0.462 e. The molecule has 3 rings (SSSR count). The molecular formula is C22H26N2O3S2. The second kappa shape index (κ2) is 9.13. The lowest BCUT2D eigenvalue weighted by atomic mass is 9.99. The van der Waals surface area contributed by atoms with Crippen molar-refractivity contribution in [3.8, 4) is 11.1 Å². The van der Waals surface area contributed by atoms with Gasteiger partial charge in [0.1, 0.15) is 10.1 Å². The van der Waals surface area contributed by atoms with Crippen molar-refractivity contribution in [3.05, 3.63) is 45.6 Å². The van der Waals surface area contributed by atoms with Crippen LogP contribution in [-0.2, 0) is 9.53 Å². The lowest BCUT2D eigenvalue weighted by Crippen LogP contribution is -2.22. The molecule has 154 valence electrons. The summed E-state index contributed by atoms with van der Waals surface area (Å²) in [6.45, 7) is 9.90. The van der Waals surface area contributed by atoms with Gasteiger partial charge in [-0.15, -0.1) is 11.3 Å². The number of carbonyl (C=O) groups is 1. The fourth-order valence-electron chi connectivity index (χ4n) is 2.84. The highest BCUT2D eigenvalue weighted by atomic mass is 32.2. The molecule has 29 heavy (non-hydrogen) atoms. The van der Waals surface area contributed by atoms with Gasteiger partial charge in [0, 0.05) is 10.9 Å². The number of benzene rings is 1. The Kier molecular flexibility index (Phi) is 6.80. The van der Waals surface area contributed by atoms with Gasteiger partial charge in [-0.05, 0) is 37.3 Å². The van der Waals surface area contributed by atoms with Crippen molar-refractivity contribution in [1.82, 2.24) is 9.97 Å². The van der Waals surface area contributed by atoms with Crippen LogP contribution < -0.4 is 5.56 Å². The van der Waals surface area contributed by atoms with Gasteiger partial charge in [-0.3, -0.25) is 9.59 Å². The Balaban J connectivity index is 1.86. The number of nitrogens with zero attached hydrogens (tertiary/aromatic N) is 1. The molecule has 2 aromatic heterocycles. The first-order chi connectivity index (χ1) is 13.8. The van der Waals surface area contributed by atoms with E-state index in [9.17, 15) is 9.59 Å². The molecule has 0 bridgehead atoms. The van der Waals surface area contributed by atoms with Crippen LogP contribution in [0.25, 0.3) is 21.3 Å². The Morgan fingerprint density at radius 3 is 2.52 bits per heavy atom. The molecule has 2 atom stereocenters. The Hall–Kier alpha value is -2.12. The number of fused-ring (bicyclic) bond motifs is 1. The van der Waals surface area contributed by atoms with Crippen molar-refractivity contribution in [2.75, 3.05) is 0 Å². The maximum atomic E-state index is 12.8. The Morgan fingerprint density at radius 1 is 1.21 bits per heavy atom. The van der Waals surface area contributed by atoms with Crippen LogP contribution >= 0.6 is 23.1 Å².